The van der Waals surface area contributed by atoms with Crippen molar-refractivity contribution in [1.82, 2.24) is 19.1 Å². The predicted octanol–water partition coefficient (Wildman–Crippen LogP) is 4.01. The number of carbonyl (C=O) groups excluding carboxylic acids is 1. The number of pyridine rings is 1. The summed E-state index contributed by atoms with van der Waals surface area (Å²) in [7, 11) is -3.55. The highest BCUT2D eigenvalue weighted by molar-refractivity contribution is 7.89. The minimum Gasteiger partial charge on any atom is -0.322 e. The van der Waals surface area contributed by atoms with E-state index in [-0.39, 0.29) is 10.8 Å². The topological polar surface area (TPSA) is 97.2 Å². The van der Waals surface area contributed by atoms with E-state index in [0.29, 0.717) is 35.9 Å². The van der Waals surface area contributed by atoms with Crippen LogP contribution in [0.2, 0.25) is 0 Å². The molecular weight excluding hydrogens is 438 g/mol. The van der Waals surface area contributed by atoms with E-state index in [1.807, 2.05) is 36.4 Å². The zero-order valence-corrected chi connectivity index (χ0v) is 19.5. The van der Waals surface area contributed by atoms with Crippen LogP contribution in [-0.2, 0) is 10.0 Å². The number of amides is 1. The number of para-hydroxylation sites is 1. The molecule has 0 saturated heterocycles. The van der Waals surface area contributed by atoms with Gasteiger partial charge in [-0.2, -0.15) is 9.40 Å². The molecule has 4 rings (SSSR count). The lowest BCUT2D eigenvalue weighted by atomic mass is 10.2. The first-order chi connectivity index (χ1) is 15.8. The molecule has 0 aliphatic heterocycles. The maximum absolute atomic E-state index is 12.9. The van der Waals surface area contributed by atoms with Gasteiger partial charge in [-0.05, 0) is 49.4 Å². The first-order valence-corrected chi connectivity index (χ1v) is 12.1. The Morgan fingerprint density at radius 3 is 2.39 bits per heavy atom. The monoisotopic (exact) mass is 463 g/mol. The molecule has 0 fully saturated rings. The number of hydrogen-bond acceptors (Lipinski definition) is 5. The van der Waals surface area contributed by atoms with Crippen LogP contribution >= 0.6 is 0 Å². The summed E-state index contributed by atoms with van der Waals surface area (Å²) in [6, 6.07) is 17.8. The summed E-state index contributed by atoms with van der Waals surface area (Å²) in [6.45, 7) is 6.19. The molecule has 2 heterocycles. The lowest BCUT2D eigenvalue weighted by Gasteiger charge is -2.18. The summed E-state index contributed by atoms with van der Waals surface area (Å²) in [5.74, 6) is 0.287. The number of aromatic nitrogens is 3. The van der Waals surface area contributed by atoms with Crippen molar-refractivity contribution in [3.8, 4) is 5.82 Å². The van der Waals surface area contributed by atoms with Crippen LogP contribution in [0.15, 0.2) is 71.8 Å². The van der Waals surface area contributed by atoms with Crippen molar-refractivity contribution < 1.29 is 13.2 Å². The Balaban J connectivity index is 1.54. The van der Waals surface area contributed by atoms with Crippen molar-refractivity contribution in [2.24, 2.45) is 0 Å². The average molecular weight is 464 g/mol. The average Bonchev–Trinajstić information content (AvgIpc) is 3.21. The van der Waals surface area contributed by atoms with Crippen LogP contribution in [0.5, 0.6) is 0 Å². The Morgan fingerprint density at radius 1 is 1.00 bits per heavy atom. The molecule has 0 unspecified atom stereocenters. The van der Waals surface area contributed by atoms with Crippen molar-refractivity contribution in [3.05, 3.63) is 78.1 Å². The van der Waals surface area contributed by atoms with Crippen LogP contribution in [0.4, 0.5) is 5.69 Å². The van der Waals surface area contributed by atoms with Gasteiger partial charge in [0.1, 0.15) is 0 Å². The maximum atomic E-state index is 12.9. The van der Waals surface area contributed by atoms with Crippen LogP contribution in [0.25, 0.3) is 16.7 Å². The van der Waals surface area contributed by atoms with Crippen molar-refractivity contribution in [2.45, 2.75) is 25.7 Å². The van der Waals surface area contributed by atoms with E-state index in [0.717, 1.165) is 10.9 Å². The summed E-state index contributed by atoms with van der Waals surface area (Å²) < 4.78 is 28.3. The van der Waals surface area contributed by atoms with Gasteiger partial charge < -0.3 is 5.32 Å². The summed E-state index contributed by atoms with van der Waals surface area (Å²) in [4.78, 5) is 17.7. The third-order valence-electron chi connectivity index (χ3n) is 5.51. The normalized spacial score (nSPS) is 11.8. The van der Waals surface area contributed by atoms with Crippen LogP contribution in [0, 0.1) is 6.92 Å². The number of nitrogens with zero attached hydrogens (tertiary/aromatic N) is 4. The highest BCUT2D eigenvalue weighted by Gasteiger charge is 2.22. The zero-order chi connectivity index (χ0) is 23.6. The Morgan fingerprint density at radius 2 is 1.70 bits per heavy atom. The minimum absolute atomic E-state index is 0.190. The molecule has 0 radical (unpaired) electrons. The maximum Gasteiger partial charge on any atom is 0.259 e. The van der Waals surface area contributed by atoms with E-state index in [2.05, 4.69) is 15.4 Å². The standard InChI is InChI=1S/C24H25N5O3S/c1-4-28(5-2)33(31,32)20-13-11-19(12-14-20)26-24(30)21-16-25-29(17(21)3)23-15-10-18-8-6-7-9-22(18)27-23/h6-16H,4-5H2,1-3H3,(H,26,30). The van der Waals surface area contributed by atoms with Crippen LogP contribution < -0.4 is 5.32 Å². The van der Waals surface area contributed by atoms with Gasteiger partial charge in [-0.15, -0.1) is 0 Å². The fraction of sp³-hybridized carbons (Fsp3) is 0.208. The van der Waals surface area contributed by atoms with E-state index in [9.17, 15) is 13.2 Å². The van der Waals surface area contributed by atoms with Crippen molar-refractivity contribution >= 4 is 32.5 Å². The molecule has 8 nitrogen and oxygen atoms in total. The van der Waals surface area contributed by atoms with Gasteiger partial charge in [-0.1, -0.05) is 32.0 Å². The van der Waals surface area contributed by atoms with Gasteiger partial charge in [-0.3, -0.25) is 4.79 Å². The number of anilines is 1. The third-order valence-corrected chi connectivity index (χ3v) is 7.57. The van der Waals surface area contributed by atoms with Gasteiger partial charge >= 0.3 is 0 Å². The molecule has 1 N–H and O–H groups in total. The number of benzene rings is 2. The first kappa shape index (κ1) is 22.6. The lowest BCUT2D eigenvalue weighted by molar-refractivity contribution is 0.102. The number of carbonyl (C=O) groups is 1. The number of hydrogen-bond donors (Lipinski definition) is 1. The molecule has 9 heteroatoms. The summed E-state index contributed by atoms with van der Waals surface area (Å²) in [5, 5.41) is 8.18. The van der Waals surface area contributed by atoms with Crippen molar-refractivity contribution in [2.75, 3.05) is 18.4 Å². The van der Waals surface area contributed by atoms with Crippen molar-refractivity contribution in [1.29, 1.82) is 0 Å². The molecule has 0 bridgehead atoms. The first-order valence-electron chi connectivity index (χ1n) is 10.7. The van der Waals surface area contributed by atoms with E-state index < -0.39 is 10.0 Å². The van der Waals surface area contributed by atoms with Crippen LogP contribution in [0.3, 0.4) is 0 Å². The molecule has 0 saturated carbocycles. The Hall–Kier alpha value is -3.56. The van der Waals surface area contributed by atoms with Crippen LogP contribution in [-0.4, -0.2) is 46.5 Å². The minimum atomic E-state index is -3.55. The van der Waals surface area contributed by atoms with E-state index >= 15 is 0 Å². The highest BCUT2D eigenvalue weighted by atomic mass is 32.2. The summed E-state index contributed by atoms with van der Waals surface area (Å²) >= 11 is 0. The molecule has 2 aromatic carbocycles. The smallest absolute Gasteiger partial charge is 0.259 e. The Labute approximate surface area is 192 Å². The molecule has 170 valence electrons. The summed E-state index contributed by atoms with van der Waals surface area (Å²) in [6.07, 6.45) is 1.50. The van der Waals surface area contributed by atoms with E-state index in [1.54, 1.807) is 37.6 Å². The zero-order valence-electron chi connectivity index (χ0n) is 18.7. The van der Waals surface area contributed by atoms with Gasteiger partial charge in [0.25, 0.3) is 5.91 Å². The fourth-order valence-electron chi connectivity index (χ4n) is 3.66. The number of rotatable bonds is 7. The molecule has 0 aliphatic carbocycles. The van der Waals surface area contributed by atoms with Gasteiger partial charge in [-0.25, -0.2) is 18.1 Å². The largest absolute Gasteiger partial charge is 0.322 e. The van der Waals surface area contributed by atoms with E-state index in [4.69, 9.17) is 0 Å². The predicted molar refractivity (Wildman–Crippen MR) is 128 cm³/mol. The van der Waals surface area contributed by atoms with Gasteiger partial charge in [0.2, 0.25) is 10.0 Å². The second-order valence-electron chi connectivity index (χ2n) is 7.49. The number of sulfonamides is 1. The molecule has 1 amide bonds. The van der Waals surface area contributed by atoms with Crippen molar-refractivity contribution in [3.63, 3.8) is 0 Å². The molecule has 2 aromatic heterocycles. The van der Waals surface area contributed by atoms with Gasteiger partial charge in [0.05, 0.1) is 27.9 Å². The third kappa shape index (κ3) is 4.37. The molecular formula is C24H25N5O3S. The Bertz CT molecular complexity index is 1410. The Kier molecular flexibility index (Phi) is 6.26. The molecule has 4 aromatic rings. The van der Waals surface area contributed by atoms with E-state index in [1.165, 1.54) is 22.6 Å². The highest BCUT2D eigenvalue weighted by Crippen LogP contribution is 2.21. The second kappa shape index (κ2) is 9.13. The molecule has 0 aliphatic rings. The van der Waals surface area contributed by atoms with Crippen LogP contribution in [0.1, 0.15) is 29.9 Å². The lowest BCUT2D eigenvalue weighted by Crippen LogP contribution is -2.30. The summed E-state index contributed by atoms with van der Waals surface area (Å²) in [5.41, 5.74) is 2.39. The second-order valence-corrected chi connectivity index (χ2v) is 9.42. The fourth-order valence-corrected chi connectivity index (χ4v) is 5.12. The molecule has 0 spiro atoms. The quantitative estimate of drug-likeness (QED) is 0.447. The molecule has 33 heavy (non-hydrogen) atoms. The SMILES string of the molecule is CCN(CC)S(=O)(=O)c1ccc(NC(=O)c2cnn(-c3ccc4ccccc4n3)c2C)cc1. The molecule has 0 atom stereocenters. The number of fused-ring (bicyclic) bond motifs is 1. The number of nitrogens with one attached hydrogen (secondary N) is 1. The van der Waals surface area contributed by atoms with Gasteiger partial charge in [0, 0.05) is 24.2 Å². The van der Waals surface area contributed by atoms with Gasteiger partial charge in [0.15, 0.2) is 5.82 Å².